The average Bonchev–Trinajstić information content (AvgIpc) is 4.14. The summed E-state index contributed by atoms with van der Waals surface area (Å²) in [5.74, 6) is -3.62. The lowest BCUT2D eigenvalue weighted by Crippen LogP contribution is -2.52. The number of methoxy groups -OCH3 is 1. The molecule has 2 aromatic carbocycles. The normalized spacial score (nSPS) is 17.4. The first kappa shape index (κ1) is 47.0. The summed E-state index contributed by atoms with van der Waals surface area (Å²) in [4.78, 5) is 94.6. The number of nitriles is 2. The smallest absolute Gasteiger partial charge is 0.287 e. The molecule has 20 heteroatoms. The van der Waals surface area contributed by atoms with E-state index in [-0.39, 0.29) is 61.0 Å². The highest BCUT2D eigenvalue weighted by Crippen LogP contribution is 2.32. The van der Waals surface area contributed by atoms with Crippen molar-refractivity contribution in [2.24, 2.45) is 17.8 Å². The first-order valence-corrected chi connectivity index (χ1v) is 22.3. The molecule has 6 amide bonds. The van der Waals surface area contributed by atoms with Gasteiger partial charge in [0.15, 0.2) is 17.7 Å². The van der Waals surface area contributed by atoms with Gasteiger partial charge >= 0.3 is 0 Å². The molecule has 5 aromatic rings. The fourth-order valence-electron chi connectivity index (χ4n) is 8.56. The molecule has 0 saturated carbocycles. The second kappa shape index (κ2) is 21.3. The van der Waals surface area contributed by atoms with Gasteiger partial charge in [-0.1, -0.05) is 51.0 Å². The lowest BCUT2D eigenvalue weighted by molar-refractivity contribution is -0.127. The van der Waals surface area contributed by atoms with Crippen LogP contribution in [0.25, 0.3) is 22.1 Å². The van der Waals surface area contributed by atoms with Crippen LogP contribution in [0.5, 0.6) is 5.75 Å². The lowest BCUT2D eigenvalue weighted by atomic mass is 9.89. The molecule has 1 fully saturated rings. The molecular weight excluding hydrogens is 859 g/mol. The largest absolute Gasteiger partial charge is 0.496 e. The van der Waals surface area contributed by atoms with Crippen LogP contribution in [0.3, 0.4) is 0 Å². The summed E-state index contributed by atoms with van der Waals surface area (Å²) in [6, 6.07) is 16.5. The zero-order valence-corrected chi connectivity index (χ0v) is 37.4. The minimum atomic E-state index is -1.10. The number of pyridine rings is 1. The number of benzene rings is 2. The fourth-order valence-corrected chi connectivity index (χ4v) is 8.56. The number of nitrogens with one attached hydrogen (secondary N) is 8. The quantitative estimate of drug-likeness (QED) is 0.0298. The third-order valence-corrected chi connectivity index (χ3v) is 12.3. The Labute approximate surface area is 386 Å². The Balaban J connectivity index is 1.00. The predicted molar refractivity (Wildman–Crippen MR) is 244 cm³/mol. The third kappa shape index (κ3) is 11.5. The van der Waals surface area contributed by atoms with Gasteiger partial charge in [-0.2, -0.15) is 10.5 Å². The Hall–Kier alpha value is -8.00. The molecule has 7 rings (SSSR count). The number of ether oxygens (including phenoxy) is 1. The summed E-state index contributed by atoms with van der Waals surface area (Å²) in [5, 5.41) is 35.6. The van der Waals surface area contributed by atoms with Crippen LogP contribution in [0.15, 0.2) is 66.9 Å². The minimum Gasteiger partial charge on any atom is -0.496 e. The molecule has 3 unspecified atom stereocenters. The van der Waals surface area contributed by atoms with Gasteiger partial charge in [-0.3, -0.25) is 34.2 Å². The second-order valence-corrected chi connectivity index (χ2v) is 17.2. The molecule has 348 valence electrons. The molecule has 0 radical (unpaired) electrons. The van der Waals surface area contributed by atoms with Crippen molar-refractivity contribution in [3.63, 3.8) is 0 Å². The number of aromatic nitrogens is 4. The van der Waals surface area contributed by atoms with Crippen LogP contribution in [0.1, 0.15) is 91.4 Å². The van der Waals surface area contributed by atoms with Crippen LogP contribution in [-0.4, -0.2) is 98.7 Å². The number of carbonyl (C=O) groups excluding carboxylic acids is 6. The SMILES string of the molecule is COc1cccc2[nH]c(C(=O)N[C@@H](CCC(C)CCC(C)C[C@H](NC(=O)c3nc4ncccc4[nH]3)C(=O)N[C@H](C#N)C[C@@H]3CCNC3=O)C(=O)NN(C#N)CC3C(=O)Nc4ccccc43)cc12. The van der Waals surface area contributed by atoms with Gasteiger partial charge in [0.05, 0.1) is 31.2 Å². The summed E-state index contributed by atoms with van der Waals surface area (Å²) in [6.45, 7) is 4.31. The van der Waals surface area contributed by atoms with E-state index in [1.54, 1.807) is 66.9 Å². The molecule has 0 bridgehead atoms. The highest BCUT2D eigenvalue weighted by molar-refractivity contribution is 6.03. The van der Waals surface area contributed by atoms with E-state index in [1.165, 1.54) is 7.11 Å². The van der Waals surface area contributed by atoms with E-state index < -0.39 is 53.6 Å². The van der Waals surface area contributed by atoms with E-state index in [0.29, 0.717) is 71.3 Å². The van der Waals surface area contributed by atoms with E-state index in [4.69, 9.17) is 4.74 Å². The van der Waals surface area contributed by atoms with Crippen molar-refractivity contribution >= 4 is 63.2 Å². The number of hydrogen-bond acceptors (Lipinski definition) is 12. The molecular formula is C47H53N13O7. The number of imidazole rings is 1. The van der Waals surface area contributed by atoms with Gasteiger partial charge in [-0.25, -0.2) is 15.0 Å². The Morgan fingerprint density at radius 3 is 2.37 bits per heavy atom. The number of hydrogen-bond donors (Lipinski definition) is 8. The maximum Gasteiger partial charge on any atom is 0.287 e. The number of H-pyrrole nitrogens is 2. The monoisotopic (exact) mass is 911 g/mol. The fraction of sp³-hybridized carbons (Fsp3) is 0.404. The molecule has 1 saturated heterocycles. The number of carbonyl (C=O) groups is 6. The molecule has 5 heterocycles. The Bertz CT molecular complexity index is 2700. The van der Waals surface area contributed by atoms with Crippen LogP contribution >= 0.6 is 0 Å². The Morgan fingerprint density at radius 2 is 1.63 bits per heavy atom. The topological polar surface area (TPSA) is 292 Å². The van der Waals surface area contributed by atoms with Gasteiger partial charge in [0.1, 0.15) is 29.6 Å². The van der Waals surface area contributed by atoms with Crippen LogP contribution < -0.4 is 36.7 Å². The van der Waals surface area contributed by atoms with E-state index in [0.717, 1.165) is 5.01 Å². The molecule has 67 heavy (non-hydrogen) atoms. The number of aromatic amines is 2. The summed E-state index contributed by atoms with van der Waals surface area (Å²) in [7, 11) is 1.53. The van der Waals surface area contributed by atoms with Gasteiger partial charge in [-0.15, -0.1) is 0 Å². The molecule has 0 aliphatic carbocycles. The molecule has 7 atom stereocenters. The van der Waals surface area contributed by atoms with Gasteiger partial charge in [0.25, 0.3) is 17.7 Å². The first-order chi connectivity index (χ1) is 32.3. The van der Waals surface area contributed by atoms with Crippen LogP contribution in [0, 0.1) is 40.5 Å². The number of anilines is 1. The molecule has 2 aliphatic rings. The zero-order valence-electron chi connectivity index (χ0n) is 37.4. The highest BCUT2D eigenvalue weighted by atomic mass is 16.5. The number of para-hydroxylation sites is 1. The Kier molecular flexibility index (Phi) is 15.0. The van der Waals surface area contributed by atoms with Crippen molar-refractivity contribution in [3.8, 4) is 18.0 Å². The van der Waals surface area contributed by atoms with Crippen LogP contribution in [0.2, 0.25) is 0 Å². The van der Waals surface area contributed by atoms with Crippen molar-refractivity contribution in [3.05, 3.63) is 83.9 Å². The van der Waals surface area contributed by atoms with Crippen LogP contribution in [0.4, 0.5) is 5.69 Å². The van der Waals surface area contributed by atoms with Gasteiger partial charge in [0.2, 0.25) is 17.7 Å². The summed E-state index contributed by atoms with van der Waals surface area (Å²) < 4.78 is 5.46. The Morgan fingerprint density at radius 1 is 0.866 bits per heavy atom. The molecule has 3 aromatic heterocycles. The number of amides is 6. The summed E-state index contributed by atoms with van der Waals surface area (Å²) in [5.41, 5.74) is 5.68. The molecule has 20 nitrogen and oxygen atoms in total. The highest BCUT2D eigenvalue weighted by Gasteiger charge is 2.34. The van der Waals surface area contributed by atoms with Crippen molar-refractivity contribution < 1.29 is 33.5 Å². The van der Waals surface area contributed by atoms with E-state index in [9.17, 15) is 39.3 Å². The standard InChI is InChI=1S/C47H53N13O7/c1-26(13-14-27(2)20-37(44(63)52-29(23-48)21-28-17-19-51-42(28)61)57-47(66)41-54-35-11-7-18-50-40(35)58-41)15-16-36(56-45(64)38-22-31-34(53-38)10-6-12-39(31)67-3)46(65)59-60(25-49)24-32-30-8-4-5-9-33(30)55-43(32)62/h4-12,18,22,26-29,32,36-37,53H,13-17,19-21,24H2,1-3H3,(H,51,61)(H,52,63)(H,55,62)(H,56,64)(H,57,66)(H,59,65)(H,50,54,58)/t26?,27?,28-,29-,32?,36-,37-/m0/s1. The number of rotatable bonds is 21. The summed E-state index contributed by atoms with van der Waals surface area (Å²) in [6.07, 6.45) is 6.28. The van der Waals surface area contributed by atoms with Crippen molar-refractivity contribution in [2.45, 2.75) is 82.8 Å². The van der Waals surface area contributed by atoms with E-state index in [2.05, 4.69) is 58.0 Å². The summed E-state index contributed by atoms with van der Waals surface area (Å²) >= 11 is 0. The third-order valence-electron chi connectivity index (χ3n) is 12.3. The van der Waals surface area contributed by atoms with E-state index in [1.807, 2.05) is 20.0 Å². The zero-order chi connectivity index (χ0) is 47.6. The van der Waals surface area contributed by atoms with E-state index >= 15 is 0 Å². The van der Waals surface area contributed by atoms with Crippen molar-refractivity contribution in [1.29, 1.82) is 10.5 Å². The molecule has 2 aliphatic heterocycles. The van der Waals surface area contributed by atoms with Crippen molar-refractivity contribution in [2.75, 3.05) is 25.5 Å². The van der Waals surface area contributed by atoms with Crippen LogP contribution in [-0.2, 0) is 19.2 Å². The van der Waals surface area contributed by atoms with Gasteiger partial charge in [-0.05, 0) is 85.9 Å². The minimum absolute atomic E-state index is 0.00295. The molecule has 8 N–H and O–H groups in total. The van der Waals surface area contributed by atoms with Gasteiger partial charge < -0.3 is 41.3 Å². The molecule has 0 spiro atoms. The van der Waals surface area contributed by atoms with Gasteiger partial charge in [0, 0.05) is 35.2 Å². The average molecular weight is 912 g/mol. The lowest BCUT2D eigenvalue weighted by Gasteiger charge is -2.25. The number of hydrazine groups is 1. The van der Waals surface area contributed by atoms with Crippen molar-refractivity contribution in [1.82, 2.24) is 51.6 Å². The first-order valence-electron chi connectivity index (χ1n) is 22.3. The maximum absolute atomic E-state index is 14.0. The number of nitrogens with zero attached hydrogens (tertiary/aromatic N) is 5. The predicted octanol–water partition coefficient (Wildman–Crippen LogP) is 3.65. The number of fused-ring (bicyclic) bond motifs is 3. The second-order valence-electron chi connectivity index (χ2n) is 17.2. The maximum atomic E-state index is 14.0.